The molecule has 2 heteroatoms. The summed E-state index contributed by atoms with van der Waals surface area (Å²) in [5.41, 5.74) is 2.53. The van der Waals surface area contributed by atoms with Gasteiger partial charge in [-0.25, -0.2) is 0 Å². The highest BCUT2D eigenvalue weighted by atomic mass is 15.1. The third-order valence-electron chi connectivity index (χ3n) is 2.43. The Morgan fingerprint density at radius 3 is 2.40 bits per heavy atom. The first-order valence-electron chi connectivity index (χ1n) is 5.25. The number of nitrogens with one attached hydrogen (secondary N) is 1. The molecule has 0 saturated carbocycles. The molecule has 0 aliphatic carbocycles. The molecule has 0 radical (unpaired) electrons. The van der Waals surface area contributed by atoms with Gasteiger partial charge in [0, 0.05) is 32.4 Å². The van der Waals surface area contributed by atoms with Crippen molar-refractivity contribution in [2.24, 2.45) is 0 Å². The van der Waals surface area contributed by atoms with Crippen molar-refractivity contribution >= 4 is 5.69 Å². The van der Waals surface area contributed by atoms with Crippen molar-refractivity contribution in [3.8, 4) is 0 Å². The molecule has 0 bridgehead atoms. The van der Waals surface area contributed by atoms with Crippen molar-refractivity contribution in [2.75, 3.05) is 19.0 Å². The first-order chi connectivity index (χ1) is 7.13. The summed E-state index contributed by atoms with van der Waals surface area (Å²) in [6.45, 7) is 6.73. The van der Waals surface area contributed by atoms with Crippen LogP contribution in [0.4, 0.5) is 5.69 Å². The standard InChI is InChI=1S/C13H20N2/c1-5-11(2)14-10-12-6-8-13(9-7-12)15(3)4/h5-9,11,14H,1,10H2,2-4H3. The van der Waals surface area contributed by atoms with Gasteiger partial charge in [0.1, 0.15) is 0 Å². The van der Waals surface area contributed by atoms with Gasteiger partial charge < -0.3 is 10.2 Å². The summed E-state index contributed by atoms with van der Waals surface area (Å²) in [6.07, 6.45) is 1.91. The lowest BCUT2D eigenvalue weighted by molar-refractivity contribution is 0.634. The van der Waals surface area contributed by atoms with E-state index >= 15 is 0 Å². The van der Waals surface area contributed by atoms with Gasteiger partial charge in [0.15, 0.2) is 0 Å². The maximum Gasteiger partial charge on any atom is 0.0361 e. The van der Waals surface area contributed by atoms with Gasteiger partial charge in [-0.15, -0.1) is 6.58 Å². The number of anilines is 1. The summed E-state index contributed by atoms with van der Waals surface area (Å²) in [7, 11) is 4.10. The molecule has 15 heavy (non-hydrogen) atoms. The molecule has 1 rings (SSSR count). The highest BCUT2D eigenvalue weighted by Crippen LogP contribution is 2.11. The second-order valence-electron chi connectivity index (χ2n) is 3.97. The minimum atomic E-state index is 0.360. The van der Waals surface area contributed by atoms with Gasteiger partial charge in [0.2, 0.25) is 0 Å². The van der Waals surface area contributed by atoms with Crippen molar-refractivity contribution in [1.29, 1.82) is 0 Å². The van der Waals surface area contributed by atoms with Crippen molar-refractivity contribution in [3.63, 3.8) is 0 Å². The number of hydrogen-bond donors (Lipinski definition) is 1. The fourth-order valence-corrected chi connectivity index (χ4v) is 1.27. The van der Waals surface area contributed by atoms with Crippen molar-refractivity contribution in [3.05, 3.63) is 42.5 Å². The Hall–Kier alpha value is -1.28. The molecule has 1 aromatic carbocycles. The first kappa shape index (κ1) is 11.8. The lowest BCUT2D eigenvalue weighted by Gasteiger charge is -2.13. The summed E-state index contributed by atoms with van der Waals surface area (Å²) in [4.78, 5) is 2.10. The Labute approximate surface area is 92.6 Å². The second-order valence-corrected chi connectivity index (χ2v) is 3.97. The zero-order chi connectivity index (χ0) is 11.3. The van der Waals surface area contributed by atoms with Gasteiger partial charge in [0.25, 0.3) is 0 Å². The predicted molar refractivity (Wildman–Crippen MR) is 67.3 cm³/mol. The van der Waals surface area contributed by atoms with Gasteiger partial charge in [-0.1, -0.05) is 18.2 Å². The van der Waals surface area contributed by atoms with Crippen LogP contribution in [0.2, 0.25) is 0 Å². The molecule has 0 aliphatic heterocycles. The Balaban J connectivity index is 2.53. The van der Waals surface area contributed by atoms with E-state index in [1.54, 1.807) is 0 Å². The van der Waals surface area contributed by atoms with Gasteiger partial charge in [-0.3, -0.25) is 0 Å². The maximum absolute atomic E-state index is 3.74. The highest BCUT2D eigenvalue weighted by molar-refractivity contribution is 5.45. The molecule has 0 saturated heterocycles. The monoisotopic (exact) mass is 204 g/mol. The van der Waals surface area contributed by atoms with E-state index in [0.717, 1.165) is 6.54 Å². The van der Waals surface area contributed by atoms with Crippen molar-refractivity contribution in [1.82, 2.24) is 5.32 Å². The van der Waals surface area contributed by atoms with E-state index in [2.05, 4.69) is 48.0 Å². The summed E-state index contributed by atoms with van der Waals surface area (Å²) in [5, 5.41) is 3.37. The van der Waals surface area contributed by atoms with Crippen LogP contribution < -0.4 is 10.2 Å². The number of benzene rings is 1. The molecular formula is C13H20N2. The Bertz CT molecular complexity index is 301. The first-order valence-corrected chi connectivity index (χ1v) is 5.25. The molecule has 1 atom stereocenters. The van der Waals surface area contributed by atoms with Crippen LogP contribution in [-0.2, 0) is 6.54 Å². The Morgan fingerprint density at radius 2 is 1.93 bits per heavy atom. The van der Waals surface area contributed by atoms with Crippen molar-refractivity contribution in [2.45, 2.75) is 19.5 Å². The molecule has 0 amide bonds. The maximum atomic E-state index is 3.74. The number of nitrogens with zero attached hydrogens (tertiary/aromatic N) is 1. The van der Waals surface area contributed by atoms with E-state index in [1.165, 1.54) is 11.3 Å². The molecule has 0 heterocycles. The zero-order valence-corrected chi connectivity index (χ0v) is 9.83. The second kappa shape index (κ2) is 5.56. The normalized spacial score (nSPS) is 12.2. The summed E-state index contributed by atoms with van der Waals surface area (Å²) in [6, 6.07) is 8.93. The van der Waals surface area contributed by atoms with Crippen LogP contribution in [0, 0.1) is 0 Å². The Morgan fingerprint density at radius 1 is 1.33 bits per heavy atom. The third-order valence-corrected chi connectivity index (χ3v) is 2.43. The largest absolute Gasteiger partial charge is 0.378 e. The van der Waals surface area contributed by atoms with E-state index in [-0.39, 0.29) is 0 Å². The van der Waals surface area contributed by atoms with E-state index in [4.69, 9.17) is 0 Å². The topological polar surface area (TPSA) is 15.3 Å². The summed E-state index contributed by atoms with van der Waals surface area (Å²) in [5.74, 6) is 0. The smallest absolute Gasteiger partial charge is 0.0361 e. The van der Waals surface area contributed by atoms with E-state index in [0.29, 0.717) is 6.04 Å². The third kappa shape index (κ3) is 3.76. The molecule has 1 N–H and O–H groups in total. The fraction of sp³-hybridized carbons (Fsp3) is 0.385. The molecule has 1 unspecified atom stereocenters. The average molecular weight is 204 g/mol. The van der Waals surface area contributed by atoms with Crippen LogP contribution in [0.3, 0.4) is 0 Å². The van der Waals surface area contributed by atoms with Crippen LogP contribution in [0.5, 0.6) is 0 Å². The molecule has 0 aliphatic rings. The SMILES string of the molecule is C=CC(C)NCc1ccc(N(C)C)cc1. The molecule has 0 aromatic heterocycles. The fourth-order valence-electron chi connectivity index (χ4n) is 1.27. The van der Waals surface area contributed by atoms with Gasteiger partial charge >= 0.3 is 0 Å². The van der Waals surface area contributed by atoms with Gasteiger partial charge in [0.05, 0.1) is 0 Å². The van der Waals surface area contributed by atoms with Gasteiger partial charge in [-0.2, -0.15) is 0 Å². The summed E-state index contributed by atoms with van der Waals surface area (Å²) >= 11 is 0. The number of hydrogen-bond acceptors (Lipinski definition) is 2. The van der Waals surface area contributed by atoms with Crippen LogP contribution >= 0.6 is 0 Å². The Kier molecular flexibility index (Phi) is 4.37. The summed E-state index contributed by atoms with van der Waals surface area (Å²) < 4.78 is 0. The molecule has 0 fully saturated rings. The zero-order valence-electron chi connectivity index (χ0n) is 9.83. The minimum absolute atomic E-state index is 0.360. The van der Waals surface area contributed by atoms with Crippen LogP contribution in [0.15, 0.2) is 36.9 Å². The average Bonchev–Trinajstić information content (AvgIpc) is 2.26. The van der Waals surface area contributed by atoms with Crippen molar-refractivity contribution < 1.29 is 0 Å². The quantitative estimate of drug-likeness (QED) is 0.741. The van der Waals surface area contributed by atoms with Gasteiger partial charge in [-0.05, 0) is 24.6 Å². The van der Waals surface area contributed by atoms with E-state index in [1.807, 2.05) is 20.2 Å². The van der Waals surface area contributed by atoms with Crippen LogP contribution in [0.25, 0.3) is 0 Å². The minimum Gasteiger partial charge on any atom is -0.378 e. The highest BCUT2D eigenvalue weighted by Gasteiger charge is 1.97. The lowest BCUT2D eigenvalue weighted by atomic mass is 10.2. The lowest BCUT2D eigenvalue weighted by Crippen LogP contribution is -2.22. The predicted octanol–water partition coefficient (Wildman–Crippen LogP) is 2.42. The molecular weight excluding hydrogens is 184 g/mol. The molecule has 1 aromatic rings. The number of rotatable bonds is 5. The molecule has 0 spiro atoms. The van der Waals surface area contributed by atoms with Crippen LogP contribution in [0.1, 0.15) is 12.5 Å². The van der Waals surface area contributed by atoms with Crippen LogP contribution in [-0.4, -0.2) is 20.1 Å². The van der Waals surface area contributed by atoms with E-state index < -0.39 is 0 Å². The van der Waals surface area contributed by atoms with E-state index in [9.17, 15) is 0 Å². The molecule has 82 valence electrons. The molecule has 2 nitrogen and oxygen atoms in total.